The number of ether oxygens (including phenoxy) is 2. The summed E-state index contributed by atoms with van der Waals surface area (Å²) in [6.45, 7) is 6.73. The van der Waals surface area contributed by atoms with Crippen molar-refractivity contribution in [2.45, 2.75) is 45.8 Å². The van der Waals surface area contributed by atoms with Gasteiger partial charge in [-0.3, -0.25) is 14.6 Å². The zero-order valence-corrected chi connectivity index (χ0v) is 16.4. The minimum absolute atomic E-state index is 0.162. The van der Waals surface area contributed by atoms with Crippen LogP contribution in [0.3, 0.4) is 0 Å². The molecule has 2 aromatic rings. The molecule has 2 aromatic carbocycles. The Morgan fingerprint density at radius 3 is 2.04 bits per heavy atom. The highest BCUT2D eigenvalue weighted by atomic mass is 19.1. The van der Waals surface area contributed by atoms with Crippen LogP contribution in [0.1, 0.15) is 44.7 Å². The van der Waals surface area contributed by atoms with E-state index in [0.717, 1.165) is 5.56 Å². The zero-order chi connectivity index (χ0) is 20.7. The number of hydrogen-bond acceptors (Lipinski definition) is 5. The number of esters is 2. The van der Waals surface area contributed by atoms with E-state index in [1.165, 1.54) is 24.4 Å². The molecule has 28 heavy (non-hydrogen) atoms. The van der Waals surface area contributed by atoms with Crippen LogP contribution >= 0.6 is 0 Å². The van der Waals surface area contributed by atoms with Gasteiger partial charge in [-0.25, -0.2) is 4.39 Å². The van der Waals surface area contributed by atoms with Gasteiger partial charge in [0.25, 0.3) is 0 Å². The Labute approximate surface area is 164 Å². The molecule has 0 amide bonds. The molecular formula is C22H24FNO4. The van der Waals surface area contributed by atoms with E-state index in [4.69, 9.17) is 9.47 Å². The molecule has 0 saturated carbocycles. The largest absolute Gasteiger partial charge is 0.462 e. The molecule has 0 aliphatic heterocycles. The van der Waals surface area contributed by atoms with Gasteiger partial charge in [0.15, 0.2) is 5.92 Å². The lowest BCUT2D eigenvalue weighted by molar-refractivity contribution is -0.161. The van der Waals surface area contributed by atoms with Gasteiger partial charge >= 0.3 is 11.9 Å². The van der Waals surface area contributed by atoms with Crippen molar-refractivity contribution in [3.63, 3.8) is 0 Å². The summed E-state index contributed by atoms with van der Waals surface area (Å²) < 4.78 is 24.3. The van der Waals surface area contributed by atoms with Crippen LogP contribution in [0.15, 0.2) is 53.5 Å². The minimum atomic E-state index is -1.35. The topological polar surface area (TPSA) is 65.0 Å². The Morgan fingerprint density at radius 1 is 0.929 bits per heavy atom. The summed E-state index contributed by atoms with van der Waals surface area (Å²) in [6, 6.07) is 12.9. The highest BCUT2D eigenvalue weighted by molar-refractivity contribution is 6.02. The van der Waals surface area contributed by atoms with Crippen molar-refractivity contribution in [2.75, 3.05) is 0 Å². The standard InChI is InChI=1S/C22H24FNO4/c1-14(2)27-21(25)20(22(26)28-15(3)4)18-11-10-17(23)12-19(18)24-13-16-8-6-5-7-9-16/h5-15,20H,1-4H3. The van der Waals surface area contributed by atoms with E-state index < -0.39 is 35.9 Å². The predicted octanol–water partition coefficient (Wildman–Crippen LogP) is 4.56. The second kappa shape index (κ2) is 9.78. The van der Waals surface area contributed by atoms with Crippen LogP contribution in [0, 0.1) is 5.82 Å². The van der Waals surface area contributed by atoms with Gasteiger partial charge < -0.3 is 9.47 Å². The van der Waals surface area contributed by atoms with Crippen molar-refractivity contribution in [1.82, 2.24) is 0 Å². The van der Waals surface area contributed by atoms with Crippen molar-refractivity contribution in [3.8, 4) is 0 Å². The second-order valence-electron chi connectivity index (χ2n) is 6.78. The molecule has 0 aliphatic rings. The quantitative estimate of drug-likeness (QED) is 0.398. The number of aliphatic imine (C=N–C) groups is 1. The van der Waals surface area contributed by atoms with E-state index in [0.29, 0.717) is 0 Å². The van der Waals surface area contributed by atoms with Crippen molar-refractivity contribution in [3.05, 3.63) is 65.5 Å². The van der Waals surface area contributed by atoms with Crippen LogP contribution in [0.5, 0.6) is 0 Å². The fourth-order valence-corrected chi connectivity index (χ4v) is 2.51. The van der Waals surface area contributed by atoms with Crippen LogP contribution in [0.2, 0.25) is 0 Å². The fourth-order valence-electron chi connectivity index (χ4n) is 2.51. The average Bonchev–Trinajstić information content (AvgIpc) is 2.61. The second-order valence-corrected chi connectivity index (χ2v) is 6.78. The summed E-state index contributed by atoms with van der Waals surface area (Å²) >= 11 is 0. The number of carbonyl (C=O) groups excluding carboxylic acids is 2. The summed E-state index contributed by atoms with van der Waals surface area (Å²) in [7, 11) is 0. The number of benzene rings is 2. The van der Waals surface area contributed by atoms with Gasteiger partial charge in [-0.05, 0) is 45.4 Å². The normalized spacial score (nSPS) is 11.4. The first-order valence-corrected chi connectivity index (χ1v) is 9.07. The molecule has 2 rings (SSSR count). The Bertz CT molecular complexity index is 825. The lowest BCUT2D eigenvalue weighted by Crippen LogP contribution is -2.29. The highest BCUT2D eigenvalue weighted by Crippen LogP contribution is 2.31. The van der Waals surface area contributed by atoms with E-state index in [1.54, 1.807) is 27.7 Å². The van der Waals surface area contributed by atoms with E-state index >= 15 is 0 Å². The Hall–Kier alpha value is -3.02. The van der Waals surface area contributed by atoms with Gasteiger partial charge in [-0.2, -0.15) is 0 Å². The van der Waals surface area contributed by atoms with Crippen LogP contribution in [-0.2, 0) is 19.1 Å². The first-order chi connectivity index (χ1) is 13.3. The SMILES string of the molecule is CC(C)OC(=O)C(C(=O)OC(C)C)c1ccc(F)cc1N=Cc1ccccc1. The summed E-state index contributed by atoms with van der Waals surface area (Å²) in [5.41, 5.74) is 1.18. The van der Waals surface area contributed by atoms with E-state index in [1.807, 2.05) is 30.3 Å². The Morgan fingerprint density at radius 2 is 1.50 bits per heavy atom. The number of hydrogen-bond donors (Lipinski definition) is 0. The molecule has 0 radical (unpaired) electrons. The fraction of sp³-hybridized carbons (Fsp3) is 0.318. The van der Waals surface area contributed by atoms with Gasteiger partial charge in [-0.1, -0.05) is 36.4 Å². The molecule has 0 spiro atoms. The third-order valence-corrected chi connectivity index (χ3v) is 3.63. The molecule has 5 nitrogen and oxygen atoms in total. The molecule has 148 valence electrons. The molecule has 0 bridgehead atoms. The maximum atomic E-state index is 13.9. The monoisotopic (exact) mass is 385 g/mol. The van der Waals surface area contributed by atoms with Gasteiger partial charge in [0.2, 0.25) is 0 Å². The smallest absolute Gasteiger partial charge is 0.325 e. The van der Waals surface area contributed by atoms with Crippen LogP contribution < -0.4 is 0 Å². The first-order valence-electron chi connectivity index (χ1n) is 9.07. The Balaban J connectivity index is 2.48. The third-order valence-electron chi connectivity index (χ3n) is 3.63. The molecule has 6 heteroatoms. The van der Waals surface area contributed by atoms with Crippen LogP contribution in [-0.4, -0.2) is 30.4 Å². The maximum Gasteiger partial charge on any atom is 0.325 e. The average molecular weight is 385 g/mol. The molecule has 0 saturated heterocycles. The van der Waals surface area contributed by atoms with Crippen molar-refractivity contribution >= 4 is 23.8 Å². The number of carbonyl (C=O) groups is 2. The molecule has 0 unspecified atom stereocenters. The van der Waals surface area contributed by atoms with E-state index in [2.05, 4.69) is 4.99 Å². The van der Waals surface area contributed by atoms with Crippen molar-refractivity contribution in [2.24, 2.45) is 4.99 Å². The lowest BCUT2D eigenvalue weighted by Gasteiger charge is -2.20. The molecule has 0 aliphatic carbocycles. The highest BCUT2D eigenvalue weighted by Gasteiger charge is 2.35. The van der Waals surface area contributed by atoms with E-state index in [-0.39, 0.29) is 11.3 Å². The molecule has 0 atom stereocenters. The van der Waals surface area contributed by atoms with Crippen LogP contribution in [0.4, 0.5) is 10.1 Å². The zero-order valence-electron chi connectivity index (χ0n) is 16.4. The lowest BCUT2D eigenvalue weighted by atomic mass is 9.97. The summed E-state index contributed by atoms with van der Waals surface area (Å²) in [6.07, 6.45) is 0.703. The summed E-state index contributed by atoms with van der Waals surface area (Å²) in [5, 5.41) is 0. The van der Waals surface area contributed by atoms with Gasteiger partial charge in [0, 0.05) is 11.8 Å². The summed E-state index contributed by atoms with van der Waals surface area (Å²) in [5.74, 6) is -3.41. The Kier molecular flexibility index (Phi) is 7.44. The molecular weight excluding hydrogens is 361 g/mol. The predicted molar refractivity (Wildman–Crippen MR) is 105 cm³/mol. The number of rotatable bonds is 7. The summed E-state index contributed by atoms with van der Waals surface area (Å²) in [4.78, 5) is 29.5. The van der Waals surface area contributed by atoms with Gasteiger partial charge in [0.05, 0.1) is 17.9 Å². The number of halogens is 1. The van der Waals surface area contributed by atoms with E-state index in [9.17, 15) is 14.0 Å². The van der Waals surface area contributed by atoms with Gasteiger partial charge in [0.1, 0.15) is 5.82 Å². The minimum Gasteiger partial charge on any atom is -0.462 e. The molecule has 0 aromatic heterocycles. The first kappa shape index (κ1) is 21.3. The molecule has 0 N–H and O–H groups in total. The van der Waals surface area contributed by atoms with Crippen molar-refractivity contribution in [1.29, 1.82) is 0 Å². The molecule has 0 heterocycles. The van der Waals surface area contributed by atoms with Crippen LogP contribution in [0.25, 0.3) is 0 Å². The third kappa shape index (κ3) is 6.01. The molecule has 0 fully saturated rings. The van der Waals surface area contributed by atoms with Gasteiger partial charge in [-0.15, -0.1) is 0 Å². The van der Waals surface area contributed by atoms with Crippen molar-refractivity contribution < 1.29 is 23.5 Å². The maximum absolute atomic E-state index is 13.9. The number of nitrogens with zero attached hydrogens (tertiary/aromatic N) is 1.